The first-order valence-corrected chi connectivity index (χ1v) is 13.9. The van der Waals surface area contributed by atoms with Gasteiger partial charge in [-0.1, -0.05) is 66.2 Å². The van der Waals surface area contributed by atoms with Gasteiger partial charge in [-0.25, -0.2) is 13.2 Å². The van der Waals surface area contributed by atoms with Gasteiger partial charge < -0.3 is 10.2 Å². The molecule has 11 heteroatoms. The van der Waals surface area contributed by atoms with E-state index in [2.05, 4.69) is 5.10 Å². The molecular weight excluding hydrogens is 542 g/mol. The average Bonchev–Trinajstić information content (AvgIpc) is 3.50. The molecule has 0 amide bonds. The fourth-order valence-corrected chi connectivity index (χ4v) is 6.75. The largest absolute Gasteiger partial charge is 0.480 e. The van der Waals surface area contributed by atoms with E-state index in [1.54, 1.807) is 48.5 Å². The minimum atomic E-state index is -4.29. The van der Waals surface area contributed by atoms with E-state index in [1.807, 2.05) is 18.2 Å². The summed E-state index contributed by atoms with van der Waals surface area (Å²) in [6, 6.07) is 22.3. The molecule has 0 bridgehead atoms. The van der Waals surface area contributed by atoms with Crippen molar-refractivity contribution in [1.82, 2.24) is 14.1 Å². The minimum absolute atomic E-state index is 0.0358. The summed E-state index contributed by atoms with van der Waals surface area (Å²) in [4.78, 5) is 23.9. The second-order valence-electron chi connectivity index (χ2n) is 9.30. The van der Waals surface area contributed by atoms with Crippen LogP contribution in [0.1, 0.15) is 28.3 Å². The summed E-state index contributed by atoms with van der Waals surface area (Å²) in [6.07, 6.45) is 2.55. The van der Waals surface area contributed by atoms with Crippen molar-refractivity contribution in [1.29, 1.82) is 0 Å². The molecule has 0 radical (unpaired) electrons. The van der Waals surface area contributed by atoms with Crippen LogP contribution in [0.5, 0.6) is 0 Å². The minimum Gasteiger partial charge on any atom is -0.480 e. The number of rotatable bonds is 10. The fourth-order valence-electron chi connectivity index (χ4n) is 4.86. The third-order valence-corrected chi connectivity index (χ3v) is 9.19. The summed E-state index contributed by atoms with van der Waals surface area (Å²) in [5, 5.41) is 24.2. The van der Waals surface area contributed by atoms with E-state index in [-0.39, 0.29) is 30.0 Å². The highest BCUT2D eigenvalue weighted by atomic mass is 35.5. The van der Waals surface area contributed by atoms with E-state index < -0.39 is 33.4 Å². The van der Waals surface area contributed by atoms with E-state index >= 15 is 0 Å². The molecule has 1 aromatic heterocycles. The Morgan fingerprint density at radius 3 is 2.15 bits per heavy atom. The van der Waals surface area contributed by atoms with Gasteiger partial charge in [0.25, 0.3) is 0 Å². The van der Waals surface area contributed by atoms with Gasteiger partial charge in [-0.05, 0) is 47.4 Å². The molecule has 1 aliphatic carbocycles. The topological polar surface area (TPSA) is 130 Å². The maximum absolute atomic E-state index is 14.0. The number of aromatic nitrogens is 2. The van der Waals surface area contributed by atoms with Gasteiger partial charge in [0.15, 0.2) is 0 Å². The number of aliphatic carboxylic acids is 1. The van der Waals surface area contributed by atoms with E-state index in [9.17, 15) is 28.2 Å². The van der Waals surface area contributed by atoms with Crippen molar-refractivity contribution < 1.29 is 28.2 Å². The number of carbonyl (C=O) groups is 2. The van der Waals surface area contributed by atoms with Crippen LogP contribution in [0.2, 0.25) is 5.02 Å². The van der Waals surface area contributed by atoms with E-state index in [1.165, 1.54) is 23.0 Å². The lowest BCUT2D eigenvalue weighted by Gasteiger charge is -2.29. The Kier molecular flexibility index (Phi) is 7.02. The highest BCUT2D eigenvalue weighted by Gasteiger charge is 2.67. The number of carboxylic acid groups (broad SMARTS) is 2. The number of benzene rings is 3. The molecule has 5 rings (SSSR count). The van der Waals surface area contributed by atoms with Crippen molar-refractivity contribution >= 4 is 33.6 Å². The number of hydrogen-bond donors (Lipinski definition) is 2. The average molecular weight is 566 g/mol. The van der Waals surface area contributed by atoms with E-state index in [4.69, 9.17) is 11.6 Å². The zero-order valence-corrected chi connectivity index (χ0v) is 22.1. The summed E-state index contributed by atoms with van der Waals surface area (Å²) in [5.74, 6) is -2.96. The monoisotopic (exact) mass is 565 g/mol. The molecule has 4 aromatic rings. The molecule has 1 heterocycles. The molecule has 0 spiro atoms. The van der Waals surface area contributed by atoms with Gasteiger partial charge in [0, 0.05) is 23.7 Å². The molecule has 0 saturated heterocycles. The van der Waals surface area contributed by atoms with Crippen LogP contribution in [0, 0.1) is 0 Å². The van der Waals surface area contributed by atoms with Crippen LogP contribution >= 0.6 is 11.6 Å². The lowest BCUT2D eigenvalue weighted by Crippen LogP contribution is -2.49. The van der Waals surface area contributed by atoms with Gasteiger partial charge in [-0.3, -0.25) is 9.48 Å². The lowest BCUT2D eigenvalue weighted by atomic mass is 10.1. The molecule has 0 aliphatic heterocycles. The van der Waals surface area contributed by atoms with Crippen LogP contribution in [0.3, 0.4) is 0 Å². The van der Waals surface area contributed by atoms with Crippen LogP contribution < -0.4 is 0 Å². The predicted octanol–water partition coefficient (Wildman–Crippen LogP) is 4.60. The molecule has 0 unspecified atom stereocenters. The molecule has 2 N–H and O–H groups in total. The number of aromatic carboxylic acids is 1. The van der Waals surface area contributed by atoms with Gasteiger partial charge in [0.05, 0.1) is 23.2 Å². The van der Waals surface area contributed by atoms with Gasteiger partial charge >= 0.3 is 11.9 Å². The predicted molar refractivity (Wildman–Crippen MR) is 144 cm³/mol. The lowest BCUT2D eigenvalue weighted by molar-refractivity contribution is -0.143. The van der Waals surface area contributed by atoms with Gasteiger partial charge in [0.2, 0.25) is 10.0 Å². The smallest absolute Gasteiger partial charge is 0.338 e. The van der Waals surface area contributed by atoms with Crippen LogP contribution in [0.15, 0.2) is 96.2 Å². The van der Waals surface area contributed by atoms with Crippen molar-refractivity contribution in [2.24, 2.45) is 0 Å². The van der Waals surface area contributed by atoms with Crippen molar-refractivity contribution in [2.45, 2.75) is 29.3 Å². The van der Waals surface area contributed by atoms with Crippen molar-refractivity contribution in [3.63, 3.8) is 0 Å². The molecule has 200 valence electrons. The van der Waals surface area contributed by atoms with E-state index in [0.29, 0.717) is 5.02 Å². The normalized spacial score (nSPS) is 18.7. The second kappa shape index (κ2) is 10.3. The number of sulfonamides is 1. The Hall–Kier alpha value is -3.99. The molecule has 1 aliphatic rings. The first-order chi connectivity index (χ1) is 18.6. The highest BCUT2D eigenvalue weighted by Crippen LogP contribution is 2.57. The molecule has 39 heavy (non-hydrogen) atoms. The summed E-state index contributed by atoms with van der Waals surface area (Å²) in [7, 11) is -4.29. The maximum atomic E-state index is 14.0. The molecular formula is C28H24ClN3O6S. The van der Waals surface area contributed by atoms with Crippen molar-refractivity contribution in [3.8, 4) is 11.1 Å². The maximum Gasteiger partial charge on any atom is 0.338 e. The summed E-state index contributed by atoms with van der Waals surface area (Å²) in [5.41, 5.74) is 0.602. The summed E-state index contributed by atoms with van der Waals surface area (Å²) >= 11 is 5.97. The van der Waals surface area contributed by atoms with Crippen LogP contribution in [-0.4, -0.2) is 56.7 Å². The van der Waals surface area contributed by atoms with Crippen LogP contribution in [-0.2, 0) is 21.4 Å². The summed E-state index contributed by atoms with van der Waals surface area (Å²) in [6.45, 7) is -0.260. The Labute approximate surface area is 229 Å². The van der Waals surface area contributed by atoms with Gasteiger partial charge in [-0.2, -0.15) is 9.40 Å². The molecule has 1 saturated carbocycles. The SMILES string of the molecule is O=C(O)c1cnn(CCN([C@]2(C(=O)O)C[C@@H]2c2ccccc2)S(=O)(=O)c2ccc(-c3ccc(Cl)cc3)cc2)c1. The Morgan fingerprint density at radius 2 is 1.59 bits per heavy atom. The Morgan fingerprint density at radius 1 is 0.974 bits per heavy atom. The van der Waals surface area contributed by atoms with Crippen LogP contribution in [0.4, 0.5) is 0 Å². The van der Waals surface area contributed by atoms with Crippen molar-refractivity contribution in [3.05, 3.63) is 107 Å². The zero-order chi connectivity index (χ0) is 27.8. The van der Waals surface area contributed by atoms with Gasteiger partial charge in [0.1, 0.15) is 5.54 Å². The number of halogens is 1. The Bertz CT molecular complexity index is 1620. The third kappa shape index (κ3) is 5.06. The van der Waals surface area contributed by atoms with Crippen LogP contribution in [0.25, 0.3) is 11.1 Å². The van der Waals surface area contributed by atoms with Crippen molar-refractivity contribution in [2.75, 3.05) is 6.54 Å². The second-order valence-corrected chi connectivity index (χ2v) is 11.6. The third-order valence-electron chi connectivity index (χ3n) is 6.98. The fraction of sp³-hybridized carbons (Fsp3) is 0.179. The summed E-state index contributed by atoms with van der Waals surface area (Å²) < 4.78 is 30.4. The van der Waals surface area contributed by atoms with Gasteiger partial charge in [-0.15, -0.1) is 0 Å². The Balaban J connectivity index is 1.51. The zero-order valence-electron chi connectivity index (χ0n) is 20.5. The first kappa shape index (κ1) is 26.6. The number of carboxylic acids is 2. The standard InChI is InChI=1S/C28H24ClN3O6S/c29-23-10-6-19(7-11-23)20-8-12-24(13-9-20)39(37,38)32(15-14-31-18-22(17-30-31)26(33)34)28(27(35)36)16-25(28)21-4-2-1-3-5-21/h1-13,17-18,25H,14-16H2,(H,33,34)(H,35,36)/t25-,28-/m1/s1. The number of nitrogens with zero attached hydrogens (tertiary/aromatic N) is 3. The molecule has 2 atom stereocenters. The quantitative estimate of drug-likeness (QED) is 0.287. The molecule has 1 fully saturated rings. The first-order valence-electron chi connectivity index (χ1n) is 12.1. The molecule has 9 nitrogen and oxygen atoms in total. The number of hydrogen-bond acceptors (Lipinski definition) is 5. The molecule has 3 aromatic carbocycles. The van der Waals surface area contributed by atoms with E-state index in [0.717, 1.165) is 27.2 Å². The highest BCUT2D eigenvalue weighted by molar-refractivity contribution is 7.89.